The van der Waals surface area contributed by atoms with Crippen molar-refractivity contribution >= 4 is 0 Å². The molecule has 0 unspecified atom stereocenters. The van der Waals surface area contributed by atoms with Gasteiger partial charge in [-0.05, 0) is 29.7 Å². The highest BCUT2D eigenvalue weighted by molar-refractivity contribution is 5.64. The summed E-state index contributed by atoms with van der Waals surface area (Å²) >= 11 is 0. The number of ether oxygens (including phenoxy) is 2. The molecule has 0 amide bonds. The molecule has 22 heavy (non-hydrogen) atoms. The SMILES string of the molecule is FC(F)(F)c1ccc(-c2ccc(C3OCCCO3)cc2)cc1. The standard InChI is InChI=1S/C17H15F3O2/c18-17(19,20)15-8-6-13(7-9-15)12-2-4-14(5-3-12)16-21-10-1-11-22-16/h2-9,16H,1,10-11H2. The molecule has 116 valence electrons. The topological polar surface area (TPSA) is 18.5 Å². The van der Waals surface area contributed by atoms with Crippen molar-refractivity contribution in [3.8, 4) is 11.1 Å². The third-order valence-corrected chi connectivity index (χ3v) is 3.56. The second kappa shape index (κ2) is 6.10. The van der Waals surface area contributed by atoms with Crippen LogP contribution in [0, 0.1) is 0 Å². The maximum absolute atomic E-state index is 12.6. The van der Waals surface area contributed by atoms with E-state index in [-0.39, 0.29) is 6.29 Å². The highest BCUT2D eigenvalue weighted by atomic mass is 19.4. The molecule has 0 N–H and O–H groups in total. The second-order valence-corrected chi connectivity index (χ2v) is 5.12. The van der Waals surface area contributed by atoms with Crippen molar-refractivity contribution in [3.05, 3.63) is 59.7 Å². The largest absolute Gasteiger partial charge is 0.416 e. The molecule has 1 heterocycles. The summed E-state index contributed by atoms with van der Waals surface area (Å²) < 4.78 is 48.7. The molecule has 1 aliphatic rings. The summed E-state index contributed by atoms with van der Waals surface area (Å²) in [7, 11) is 0. The van der Waals surface area contributed by atoms with Crippen LogP contribution in [-0.4, -0.2) is 13.2 Å². The van der Waals surface area contributed by atoms with E-state index >= 15 is 0 Å². The Balaban J connectivity index is 1.77. The molecule has 0 aromatic heterocycles. The van der Waals surface area contributed by atoms with Gasteiger partial charge in [0.2, 0.25) is 0 Å². The molecule has 2 nitrogen and oxygen atoms in total. The zero-order valence-electron chi connectivity index (χ0n) is 11.8. The molecule has 0 aliphatic carbocycles. The van der Waals surface area contributed by atoms with Crippen molar-refractivity contribution in [1.82, 2.24) is 0 Å². The quantitative estimate of drug-likeness (QED) is 0.793. The second-order valence-electron chi connectivity index (χ2n) is 5.12. The number of halogens is 3. The van der Waals surface area contributed by atoms with Gasteiger partial charge in [-0.25, -0.2) is 0 Å². The van der Waals surface area contributed by atoms with Crippen LogP contribution in [0.4, 0.5) is 13.2 Å². The van der Waals surface area contributed by atoms with Crippen LogP contribution < -0.4 is 0 Å². The van der Waals surface area contributed by atoms with E-state index in [9.17, 15) is 13.2 Å². The Morgan fingerprint density at radius 1 is 0.773 bits per heavy atom. The van der Waals surface area contributed by atoms with Gasteiger partial charge in [0.1, 0.15) is 0 Å². The average Bonchev–Trinajstić information content (AvgIpc) is 2.55. The summed E-state index contributed by atoms with van der Waals surface area (Å²) in [6.07, 6.45) is -3.77. The Morgan fingerprint density at radius 3 is 1.77 bits per heavy atom. The summed E-state index contributed by atoms with van der Waals surface area (Å²) in [6.45, 7) is 1.34. The molecule has 0 bridgehead atoms. The van der Waals surface area contributed by atoms with Crippen LogP contribution >= 0.6 is 0 Å². The molecule has 1 fully saturated rings. The summed E-state index contributed by atoms with van der Waals surface area (Å²) in [4.78, 5) is 0. The van der Waals surface area contributed by atoms with E-state index in [1.807, 2.05) is 24.3 Å². The Hall–Kier alpha value is -1.85. The van der Waals surface area contributed by atoms with Gasteiger partial charge in [0, 0.05) is 5.56 Å². The van der Waals surface area contributed by atoms with Crippen molar-refractivity contribution in [2.75, 3.05) is 13.2 Å². The van der Waals surface area contributed by atoms with Crippen molar-refractivity contribution < 1.29 is 22.6 Å². The molecular weight excluding hydrogens is 293 g/mol. The first kappa shape index (κ1) is 15.1. The Labute approximate surface area is 126 Å². The van der Waals surface area contributed by atoms with Gasteiger partial charge in [-0.2, -0.15) is 13.2 Å². The van der Waals surface area contributed by atoms with Gasteiger partial charge in [0.15, 0.2) is 6.29 Å². The molecule has 2 aromatic rings. The molecule has 0 saturated carbocycles. The van der Waals surface area contributed by atoms with E-state index in [0.29, 0.717) is 13.2 Å². The average molecular weight is 308 g/mol. The van der Waals surface area contributed by atoms with E-state index in [1.165, 1.54) is 12.1 Å². The zero-order chi connectivity index (χ0) is 15.6. The lowest BCUT2D eigenvalue weighted by atomic mass is 10.0. The lowest BCUT2D eigenvalue weighted by Crippen LogP contribution is -2.17. The molecule has 0 radical (unpaired) electrons. The third-order valence-electron chi connectivity index (χ3n) is 3.56. The summed E-state index contributed by atoms with van der Waals surface area (Å²) in [5, 5.41) is 0. The van der Waals surface area contributed by atoms with Gasteiger partial charge < -0.3 is 9.47 Å². The minimum atomic E-state index is -4.31. The summed E-state index contributed by atoms with van der Waals surface area (Å²) in [5.41, 5.74) is 1.87. The summed E-state index contributed by atoms with van der Waals surface area (Å²) in [5.74, 6) is 0. The minimum absolute atomic E-state index is 0.351. The summed E-state index contributed by atoms with van der Waals surface area (Å²) in [6, 6.07) is 12.6. The van der Waals surface area contributed by atoms with Crippen LogP contribution in [0.25, 0.3) is 11.1 Å². The normalized spacial score (nSPS) is 16.7. The maximum Gasteiger partial charge on any atom is 0.416 e. The molecule has 3 rings (SSSR count). The molecule has 1 saturated heterocycles. The third kappa shape index (κ3) is 3.31. The predicted molar refractivity (Wildman–Crippen MR) is 76.1 cm³/mol. The Kier molecular flexibility index (Phi) is 4.18. The van der Waals surface area contributed by atoms with Crippen LogP contribution in [0.1, 0.15) is 23.8 Å². The van der Waals surface area contributed by atoms with Gasteiger partial charge in [-0.1, -0.05) is 36.4 Å². The lowest BCUT2D eigenvalue weighted by Gasteiger charge is -2.23. The van der Waals surface area contributed by atoms with Crippen LogP contribution in [-0.2, 0) is 15.7 Å². The number of benzene rings is 2. The number of hydrogen-bond donors (Lipinski definition) is 0. The molecular formula is C17H15F3O2. The van der Waals surface area contributed by atoms with Crippen molar-refractivity contribution in [2.24, 2.45) is 0 Å². The fourth-order valence-corrected chi connectivity index (χ4v) is 2.36. The van der Waals surface area contributed by atoms with Gasteiger partial charge in [-0.15, -0.1) is 0 Å². The Morgan fingerprint density at radius 2 is 1.27 bits per heavy atom. The molecule has 1 aliphatic heterocycles. The fourth-order valence-electron chi connectivity index (χ4n) is 2.36. The van der Waals surface area contributed by atoms with Crippen LogP contribution in [0.3, 0.4) is 0 Å². The first-order chi connectivity index (χ1) is 10.5. The number of alkyl halides is 3. The Bertz CT molecular complexity index is 612. The predicted octanol–water partition coefficient (Wildman–Crippen LogP) is 4.81. The van der Waals surface area contributed by atoms with E-state index in [2.05, 4.69) is 0 Å². The van der Waals surface area contributed by atoms with Gasteiger partial charge in [0.25, 0.3) is 0 Å². The first-order valence-electron chi connectivity index (χ1n) is 7.05. The monoisotopic (exact) mass is 308 g/mol. The molecule has 2 aromatic carbocycles. The minimum Gasteiger partial charge on any atom is -0.348 e. The highest BCUT2D eigenvalue weighted by Crippen LogP contribution is 2.31. The van der Waals surface area contributed by atoms with Crippen LogP contribution in [0.15, 0.2) is 48.5 Å². The smallest absolute Gasteiger partial charge is 0.348 e. The maximum atomic E-state index is 12.6. The van der Waals surface area contributed by atoms with E-state index in [0.717, 1.165) is 35.2 Å². The van der Waals surface area contributed by atoms with E-state index in [4.69, 9.17) is 9.47 Å². The number of hydrogen-bond acceptors (Lipinski definition) is 2. The first-order valence-corrected chi connectivity index (χ1v) is 7.05. The van der Waals surface area contributed by atoms with Crippen molar-refractivity contribution in [2.45, 2.75) is 18.9 Å². The van der Waals surface area contributed by atoms with Crippen LogP contribution in [0.5, 0.6) is 0 Å². The van der Waals surface area contributed by atoms with Crippen molar-refractivity contribution in [3.63, 3.8) is 0 Å². The van der Waals surface area contributed by atoms with Crippen molar-refractivity contribution in [1.29, 1.82) is 0 Å². The van der Waals surface area contributed by atoms with E-state index < -0.39 is 11.7 Å². The fraction of sp³-hybridized carbons (Fsp3) is 0.294. The zero-order valence-corrected chi connectivity index (χ0v) is 11.8. The highest BCUT2D eigenvalue weighted by Gasteiger charge is 2.29. The lowest BCUT2D eigenvalue weighted by molar-refractivity contribution is -0.183. The van der Waals surface area contributed by atoms with Gasteiger partial charge in [-0.3, -0.25) is 0 Å². The van der Waals surface area contributed by atoms with E-state index in [1.54, 1.807) is 0 Å². The van der Waals surface area contributed by atoms with Gasteiger partial charge in [0.05, 0.1) is 18.8 Å². The van der Waals surface area contributed by atoms with Crippen LogP contribution in [0.2, 0.25) is 0 Å². The molecule has 5 heteroatoms. The molecule has 0 spiro atoms. The van der Waals surface area contributed by atoms with Gasteiger partial charge >= 0.3 is 6.18 Å². The molecule has 0 atom stereocenters. The number of rotatable bonds is 2.